The van der Waals surface area contributed by atoms with Gasteiger partial charge in [0.05, 0.1) is 6.61 Å². The van der Waals surface area contributed by atoms with Crippen molar-refractivity contribution >= 4 is 41.0 Å². The molecule has 1 aliphatic rings. The van der Waals surface area contributed by atoms with Crippen LogP contribution in [0.3, 0.4) is 0 Å². The van der Waals surface area contributed by atoms with Crippen LogP contribution in [0.15, 0.2) is 77.8 Å². The van der Waals surface area contributed by atoms with Crippen LogP contribution in [0.4, 0.5) is 0 Å². The number of carbonyl (C=O) groups excluding carboxylic acids is 2. The van der Waals surface area contributed by atoms with Crippen molar-refractivity contribution < 1.29 is 28.9 Å². The summed E-state index contributed by atoms with van der Waals surface area (Å²) in [5, 5.41) is 10.1. The fraction of sp³-hybridized carbons (Fsp3) is 0.382. The fourth-order valence-corrected chi connectivity index (χ4v) is 5.36. The zero-order chi connectivity index (χ0) is 32.5. The largest absolute Gasteiger partial charge is 0.494 e. The van der Waals surface area contributed by atoms with Crippen molar-refractivity contribution in [2.24, 2.45) is 4.99 Å². The standard InChI is InChI=1S/C34H39Cl2N3O6/c1-33(2,3)45-29(41)16-18-34(32(42)39-37-19-17-23-10-13-26(35)22-28(23)36)30(24-8-5-4-6-9-24)44-31(38-34)25-11-14-27(15-12-25)43-21-7-20-40/h4-6,8-15,22,30,37,40H,7,16-21H2,1-3H3,(H,39,42)/t30-,34-/m0/s1. The number of hydrogen-bond donors (Lipinski definition) is 3. The van der Waals surface area contributed by atoms with Crippen molar-refractivity contribution in [3.63, 3.8) is 0 Å². The average molecular weight is 657 g/mol. The number of benzene rings is 3. The number of hydrazine groups is 1. The molecule has 240 valence electrons. The third-order valence-corrected chi connectivity index (χ3v) is 7.59. The Bertz CT molecular complexity index is 1480. The van der Waals surface area contributed by atoms with Gasteiger partial charge in [-0.25, -0.2) is 10.4 Å². The van der Waals surface area contributed by atoms with E-state index in [1.165, 1.54) is 0 Å². The summed E-state index contributed by atoms with van der Waals surface area (Å²) in [6.07, 6.45) is 0.188. The Balaban J connectivity index is 1.62. The fourth-order valence-electron chi connectivity index (χ4n) is 4.86. The van der Waals surface area contributed by atoms with Gasteiger partial charge in [0, 0.05) is 41.6 Å². The topological polar surface area (TPSA) is 118 Å². The lowest BCUT2D eigenvalue weighted by Gasteiger charge is -2.31. The number of carbonyl (C=O) groups is 2. The summed E-state index contributed by atoms with van der Waals surface area (Å²) in [5.74, 6) is -0.0108. The number of aliphatic imine (C=N–C) groups is 1. The predicted octanol–water partition coefficient (Wildman–Crippen LogP) is 6.00. The van der Waals surface area contributed by atoms with Gasteiger partial charge >= 0.3 is 5.97 Å². The molecular weight excluding hydrogens is 617 g/mol. The number of esters is 1. The molecule has 0 aromatic heterocycles. The van der Waals surface area contributed by atoms with E-state index < -0.39 is 29.1 Å². The van der Waals surface area contributed by atoms with Crippen LogP contribution >= 0.6 is 23.2 Å². The van der Waals surface area contributed by atoms with E-state index in [1.54, 1.807) is 57.2 Å². The Morgan fingerprint density at radius 1 is 1.04 bits per heavy atom. The van der Waals surface area contributed by atoms with E-state index in [9.17, 15) is 9.59 Å². The van der Waals surface area contributed by atoms with Crippen LogP contribution in [-0.2, 0) is 25.5 Å². The molecule has 0 saturated heterocycles. The maximum absolute atomic E-state index is 14.2. The number of hydrogen-bond acceptors (Lipinski definition) is 8. The molecule has 3 aromatic carbocycles. The van der Waals surface area contributed by atoms with E-state index in [-0.39, 0.29) is 25.3 Å². The van der Waals surface area contributed by atoms with Crippen LogP contribution in [0, 0.1) is 0 Å². The third-order valence-electron chi connectivity index (χ3n) is 7.00. The van der Waals surface area contributed by atoms with Gasteiger partial charge in [-0.15, -0.1) is 0 Å². The van der Waals surface area contributed by atoms with Crippen molar-refractivity contribution in [2.45, 2.75) is 63.7 Å². The average Bonchev–Trinajstić information content (AvgIpc) is 3.40. The summed E-state index contributed by atoms with van der Waals surface area (Å²) in [7, 11) is 0. The highest BCUT2D eigenvalue weighted by molar-refractivity contribution is 6.35. The molecule has 1 amide bonds. The first kappa shape index (κ1) is 34.2. The van der Waals surface area contributed by atoms with Crippen molar-refractivity contribution in [3.05, 3.63) is 99.5 Å². The molecule has 0 bridgehead atoms. The van der Waals surface area contributed by atoms with Crippen LogP contribution < -0.4 is 15.6 Å². The van der Waals surface area contributed by atoms with E-state index in [0.717, 1.165) is 11.1 Å². The predicted molar refractivity (Wildman–Crippen MR) is 175 cm³/mol. The van der Waals surface area contributed by atoms with Gasteiger partial charge < -0.3 is 19.3 Å². The smallest absolute Gasteiger partial charge is 0.306 e. The Kier molecular flexibility index (Phi) is 11.9. The zero-order valence-corrected chi connectivity index (χ0v) is 27.2. The minimum absolute atomic E-state index is 0.0316. The lowest BCUT2D eigenvalue weighted by Crippen LogP contribution is -2.53. The van der Waals surface area contributed by atoms with Crippen molar-refractivity contribution in [1.29, 1.82) is 0 Å². The normalized spacial score (nSPS) is 17.7. The molecule has 3 aromatic rings. The third kappa shape index (κ3) is 9.43. The highest BCUT2D eigenvalue weighted by Crippen LogP contribution is 2.43. The zero-order valence-electron chi connectivity index (χ0n) is 25.6. The van der Waals surface area contributed by atoms with Crippen molar-refractivity contribution in [1.82, 2.24) is 10.9 Å². The van der Waals surface area contributed by atoms with Crippen LogP contribution in [0.1, 0.15) is 62.8 Å². The molecule has 0 aliphatic carbocycles. The summed E-state index contributed by atoms with van der Waals surface area (Å²) >= 11 is 12.3. The van der Waals surface area contributed by atoms with Gasteiger partial charge in [0.2, 0.25) is 5.90 Å². The van der Waals surface area contributed by atoms with Crippen LogP contribution in [0.5, 0.6) is 5.75 Å². The molecule has 4 rings (SSSR count). The van der Waals surface area contributed by atoms with E-state index in [0.29, 0.717) is 47.4 Å². The number of nitrogens with one attached hydrogen (secondary N) is 2. The van der Waals surface area contributed by atoms with E-state index >= 15 is 0 Å². The number of aliphatic hydroxyl groups excluding tert-OH is 1. The highest BCUT2D eigenvalue weighted by atomic mass is 35.5. The quantitative estimate of drug-likeness (QED) is 0.111. The molecule has 9 nitrogen and oxygen atoms in total. The number of aliphatic hydroxyl groups is 1. The van der Waals surface area contributed by atoms with E-state index in [1.807, 2.05) is 36.4 Å². The van der Waals surface area contributed by atoms with Gasteiger partial charge in [-0.05, 0) is 81.1 Å². The summed E-state index contributed by atoms with van der Waals surface area (Å²) in [6, 6.07) is 21.8. The lowest BCUT2D eigenvalue weighted by atomic mass is 9.83. The van der Waals surface area contributed by atoms with Gasteiger partial charge in [0.15, 0.2) is 11.6 Å². The van der Waals surface area contributed by atoms with Gasteiger partial charge in [-0.1, -0.05) is 59.6 Å². The summed E-state index contributed by atoms with van der Waals surface area (Å²) in [4.78, 5) is 31.9. The van der Waals surface area contributed by atoms with Crippen molar-refractivity contribution in [2.75, 3.05) is 19.8 Å². The Labute approximate surface area is 273 Å². The molecule has 3 N–H and O–H groups in total. The molecule has 2 atom stereocenters. The number of ether oxygens (including phenoxy) is 3. The molecule has 0 spiro atoms. The summed E-state index contributed by atoms with van der Waals surface area (Å²) in [6.45, 7) is 6.19. The lowest BCUT2D eigenvalue weighted by molar-refractivity contribution is -0.155. The molecule has 1 aliphatic heterocycles. The Morgan fingerprint density at radius 2 is 1.78 bits per heavy atom. The second-order valence-electron chi connectivity index (χ2n) is 11.7. The maximum Gasteiger partial charge on any atom is 0.306 e. The first-order valence-corrected chi connectivity index (χ1v) is 15.6. The molecular formula is C34H39Cl2N3O6. The monoisotopic (exact) mass is 655 g/mol. The van der Waals surface area contributed by atoms with Crippen LogP contribution in [0.2, 0.25) is 10.0 Å². The molecule has 0 radical (unpaired) electrons. The molecule has 0 saturated carbocycles. The molecule has 1 heterocycles. The Morgan fingerprint density at radius 3 is 2.44 bits per heavy atom. The minimum Gasteiger partial charge on any atom is -0.494 e. The highest BCUT2D eigenvalue weighted by Gasteiger charge is 2.53. The molecule has 11 heteroatoms. The maximum atomic E-state index is 14.2. The van der Waals surface area contributed by atoms with Crippen LogP contribution in [0.25, 0.3) is 0 Å². The molecule has 0 fully saturated rings. The molecule has 0 unspecified atom stereocenters. The van der Waals surface area contributed by atoms with Gasteiger partial charge in [-0.3, -0.25) is 15.0 Å². The van der Waals surface area contributed by atoms with Gasteiger partial charge in [0.25, 0.3) is 5.91 Å². The summed E-state index contributed by atoms with van der Waals surface area (Å²) in [5.41, 5.74) is 5.86. The van der Waals surface area contributed by atoms with Crippen LogP contribution in [-0.4, -0.2) is 53.8 Å². The van der Waals surface area contributed by atoms with E-state index in [4.69, 9.17) is 47.5 Å². The number of rotatable bonds is 14. The number of halogens is 2. The Hall–Kier alpha value is -3.63. The number of nitrogens with zero attached hydrogens (tertiary/aromatic N) is 1. The number of amides is 1. The van der Waals surface area contributed by atoms with E-state index in [2.05, 4.69) is 10.9 Å². The second-order valence-corrected chi connectivity index (χ2v) is 12.5. The first-order valence-electron chi connectivity index (χ1n) is 14.9. The SMILES string of the molecule is CC(C)(C)OC(=O)CC[C@]1(C(=O)NNCCc2ccc(Cl)cc2Cl)N=C(c2ccc(OCCCO)cc2)O[C@H]1c1ccccc1. The second kappa shape index (κ2) is 15.6. The van der Waals surface area contributed by atoms with Crippen molar-refractivity contribution in [3.8, 4) is 5.75 Å². The minimum atomic E-state index is -1.51. The first-order chi connectivity index (χ1) is 21.5. The van der Waals surface area contributed by atoms with Gasteiger partial charge in [0.1, 0.15) is 11.4 Å². The molecule has 45 heavy (non-hydrogen) atoms. The summed E-state index contributed by atoms with van der Waals surface area (Å²) < 4.78 is 17.7. The van der Waals surface area contributed by atoms with Gasteiger partial charge in [-0.2, -0.15) is 0 Å².